The van der Waals surface area contributed by atoms with E-state index in [0.717, 1.165) is 12.1 Å². The number of aromatic nitrogens is 1. The third-order valence-electron chi connectivity index (χ3n) is 2.05. The first-order valence-electron chi connectivity index (χ1n) is 4.41. The SMILES string of the molecule is C=CCCC(C)(O)c1ccccn1. The van der Waals surface area contributed by atoms with Crippen LogP contribution >= 0.6 is 0 Å². The van der Waals surface area contributed by atoms with Gasteiger partial charge in [0.2, 0.25) is 0 Å². The molecule has 0 amide bonds. The molecule has 0 aliphatic rings. The summed E-state index contributed by atoms with van der Waals surface area (Å²) < 4.78 is 0. The highest BCUT2D eigenvalue weighted by molar-refractivity contribution is 5.11. The van der Waals surface area contributed by atoms with E-state index in [4.69, 9.17) is 0 Å². The molecule has 0 spiro atoms. The second-order valence-electron chi connectivity index (χ2n) is 3.32. The average molecular weight is 177 g/mol. The van der Waals surface area contributed by atoms with Crippen LogP contribution in [0.25, 0.3) is 0 Å². The molecule has 1 atom stereocenters. The minimum Gasteiger partial charge on any atom is -0.384 e. The van der Waals surface area contributed by atoms with Crippen molar-refractivity contribution in [3.63, 3.8) is 0 Å². The first-order valence-corrected chi connectivity index (χ1v) is 4.41. The molecular formula is C11H15NO. The van der Waals surface area contributed by atoms with Gasteiger partial charge >= 0.3 is 0 Å². The molecule has 0 aliphatic heterocycles. The van der Waals surface area contributed by atoms with Crippen molar-refractivity contribution in [2.75, 3.05) is 0 Å². The van der Waals surface area contributed by atoms with Crippen LogP contribution < -0.4 is 0 Å². The van der Waals surface area contributed by atoms with Gasteiger partial charge in [-0.2, -0.15) is 0 Å². The summed E-state index contributed by atoms with van der Waals surface area (Å²) in [4.78, 5) is 4.12. The van der Waals surface area contributed by atoms with Gasteiger partial charge in [-0.3, -0.25) is 4.98 Å². The van der Waals surface area contributed by atoms with E-state index in [-0.39, 0.29) is 0 Å². The zero-order valence-corrected chi connectivity index (χ0v) is 7.90. The highest BCUT2D eigenvalue weighted by Gasteiger charge is 2.22. The van der Waals surface area contributed by atoms with Crippen LogP contribution in [0.15, 0.2) is 37.1 Å². The van der Waals surface area contributed by atoms with Crippen LogP contribution in [0.1, 0.15) is 25.5 Å². The van der Waals surface area contributed by atoms with E-state index in [1.54, 1.807) is 19.2 Å². The Balaban J connectivity index is 2.74. The first-order chi connectivity index (χ1) is 6.17. The van der Waals surface area contributed by atoms with E-state index in [9.17, 15) is 5.11 Å². The van der Waals surface area contributed by atoms with Crippen molar-refractivity contribution in [3.8, 4) is 0 Å². The van der Waals surface area contributed by atoms with Gasteiger partial charge in [0, 0.05) is 6.20 Å². The lowest BCUT2D eigenvalue weighted by molar-refractivity contribution is 0.0443. The Bertz CT molecular complexity index is 267. The number of hydrogen-bond donors (Lipinski definition) is 1. The molecule has 1 aromatic rings. The van der Waals surface area contributed by atoms with Crippen molar-refractivity contribution in [1.29, 1.82) is 0 Å². The Morgan fingerprint density at radius 1 is 1.62 bits per heavy atom. The van der Waals surface area contributed by atoms with Crippen molar-refractivity contribution in [2.24, 2.45) is 0 Å². The number of pyridine rings is 1. The molecule has 0 aliphatic carbocycles. The van der Waals surface area contributed by atoms with Crippen molar-refractivity contribution >= 4 is 0 Å². The Morgan fingerprint density at radius 2 is 2.38 bits per heavy atom. The predicted molar refractivity (Wildman–Crippen MR) is 53.2 cm³/mol. The lowest BCUT2D eigenvalue weighted by atomic mass is 9.96. The topological polar surface area (TPSA) is 33.1 Å². The molecule has 0 fully saturated rings. The number of rotatable bonds is 4. The van der Waals surface area contributed by atoms with Gasteiger partial charge in [0.05, 0.1) is 5.69 Å². The maximum atomic E-state index is 10.0. The minimum atomic E-state index is -0.838. The van der Waals surface area contributed by atoms with E-state index in [1.807, 2.05) is 18.2 Å². The third-order valence-corrected chi connectivity index (χ3v) is 2.05. The Hall–Kier alpha value is -1.15. The van der Waals surface area contributed by atoms with Crippen LogP contribution in [0.5, 0.6) is 0 Å². The molecule has 0 radical (unpaired) electrons. The van der Waals surface area contributed by atoms with E-state index >= 15 is 0 Å². The number of aliphatic hydroxyl groups is 1. The molecule has 1 heterocycles. The average Bonchev–Trinajstić information content (AvgIpc) is 2.16. The summed E-state index contributed by atoms with van der Waals surface area (Å²) in [6.45, 7) is 5.40. The van der Waals surface area contributed by atoms with E-state index < -0.39 is 5.60 Å². The van der Waals surface area contributed by atoms with Crippen LogP contribution in [0, 0.1) is 0 Å². The summed E-state index contributed by atoms with van der Waals surface area (Å²) >= 11 is 0. The molecule has 0 saturated carbocycles. The van der Waals surface area contributed by atoms with E-state index in [1.165, 1.54) is 0 Å². The van der Waals surface area contributed by atoms with Gasteiger partial charge in [0.1, 0.15) is 5.60 Å². The molecule has 1 N–H and O–H groups in total. The third kappa shape index (κ3) is 2.67. The highest BCUT2D eigenvalue weighted by Crippen LogP contribution is 2.23. The summed E-state index contributed by atoms with van der Waals surface area (Å²) in [7, 11) is 0. The quantitative estimate of drug-likeness (QED) is 0.715. The first kappa shape index (κ1) is 9.93. The summed E-state index contributed by atoms with van der Waals surface area (Å²) in [6.07, 6.45) is 4.95. The van der Waals surface area contributed by atoms with Gasteiger partial charge in [-0.15, -0.1) is 6.58 Å². The second-order valence-corrected chi connectivity index (χ2v) is 3.32. The van der Waals surface area contributed by atoms with E-state index in [2.05, 4.69) is 11.6 Å². The fraction of sp³-hybridized carbons (Fsp3) is 0.364. The van der Waals surface area contributed by atoms with Gasteiger partial charge in [0.15, 0.2) is 0 Å². The van der Waals surface area contributed by atoms with Crippen molar-refractivity contribution in [2.45, 2.75) is 25.4 Å². The molecular weight excluding hydrogens is 162 g/mol. The summed E-state index contributed by atoms with van der Waals surface area (Å²) in [5.74, 6) is 0. The maximum absolute atomic E-state index is 10.0. The van der Waals surface area contributed by atoms with Crippen LogP contribution in [-0.4, -0.2) is 10.1 Å². The zero-order valence-electron chi connectivity index (χ0n) is 7.90. The van der Waals surface area contributed by atoms with Crippen LogP contribution in [-0.2, 0) is 5.60 Å². The van der Waals surface area contributed by atoms with Gasteiger partial charge in [0.25, 0.3) is 0 Å². The summed E-state index contributed by atoms with van der Waals surface area (Å²) in [5.41, 5.74) is -0.119. The van der Waals surface area contributed by atoms with Crippen molar-refractivity contribution < 1.29 is 5.11 Å². The Kier molecular flexibility index (Phi) is 3.20. The lowest BCUT2D eigenvalue weighted by Crippen LogP contribution is -2.21. The molecule has 2 heteroatoms. The van der Waals surface area contributed by atoms with Crippen LogP contribution in [0.4, 0.5) is 0 Å². The smallest absolute Gasteiger partial charge is 0.104 e. The molecule has 2 nitrogen and oxygen atoms in total. The number of allylic oxidation sites excluding steroid dienone is 1. The van der Waals surface area contributed by atoms with Gasteiger partial charge in [-0.1, -0.05) is 12.1 Å². The van der Waals surface area contributed by atoms with Crippen LogP contribution in [0.2, 0.25) is 0 Å². The summed E-state index contributed by atoms with van der Waals surface area (Å²) in [5, 5.41) is 10.0. The minimum absolute atomic E-state index is 0.660. The molecule has 70 valence electrons. The predicted octanol–water partition coefficient (Wildman–Crippen LogP) is 2.26. The maximum Gasteiger partial charge on any atom is 0.104 e. The molecule has 0 saturated heterocycles. The molecule has 1 aromatic heterocycles. The Labute approximate surface area is 78.9 Å². The van der Waals surface area contributed by atoms with E-state index in [0.29, 0.717) is 6.42 Å². The van der Waals surface area contributed by atoms with Crippen molar-refractivity contribution in [3.05, 3.63) is 42.7 Å². The Morgan fingerprint density at radius 3 is 2.92 bits per heavy atom. The number of nitrogens with zero attached hydrogens (tertiary/aromatic N) is 1. The monoisotopic (exact) mass is 177 g/mol. The largest absolute Gasteiger partial charge is 0.384 e. The molecule has 1 rings (SSSR count). The van der Waals surface area contributed by atoms with Gasteiger partial charge < -0.3 is 5.11 Å². The summed E-state index contributed by atoms with van der Waals surface area (Å²) in [6, 6.07) is 5.56. The van der Waals surface area contributed by atoms with Gasteiger partial charge in [-0.05, 0) is 31.9 Å². The zero-order chi connectivity index (χ0) is 9.73. The lowest BCUT2D eigenvalue weighted by Gasteiger charge is -2.21. The highest BCUT2D eigenvalue weighted by atomic mass is 16.3. The molecule has 13 heavy (non-hydrogen) atoms. The fourth-order valence-corrected chi connectivity index (χ4v) is 1.19. The second kappa shape index (κ2) is 4.19. The molecule has 0 aromatic carbocycles. The fourth-order valence-electron chi connectivity index (χ4n) is 1.19. The standard InChI is InChI=1S/C11H15NO/c1-3-4-8-11(2,13)10-7-5-6-9-12-10/h3,5-7,9,13H,1,4,8H2,2H3. The normalized spacial score (nSPS) is 14.9. The van der Waals surface area contributed by atoms with Crippen molar-refractivity contribution in [1.82, 2.24) is 4.98 Å². The van der Waals surface area contributed by atoms with Crippen LogP contribution in [0.3, 0.4) is 0 Å². The molecule has 1 unspecified atom stereocenters. The molecule has 0 bridgehead atoms. The number of hydrogen-bond acceptors (Lipinski definition) is 2. The van der Waals surface area contributed by atoms with Gasteiger partial charge in [-0.25, -0.2) is 0 Å².